The second kappa shape index (κ2) is 11.9. The Balaban J connectivity index is 1.49. The lowest BCUT2D eigenvalue weighted by Gasteiger charge is -2.26. The number of halogens is 1. The molecule has 1 N–H and O–H groups in total. The SMILES string of the molecule is COc1cc(/C=N/NC(=O)COc2ccccc2Cl)ccc1OCC(=O)N1CCOCC1. The zero-order valence-electron chi connectivity index (χ0n) is 17.6. The lowest BCUT2D eigenvalue weighted by molar-refractivity contribution is -0.137. The van der Waals surface area contributed by atoms with Crippen molar-refractivity contribution in [3.05, 3.63) is 53.1 Å². The van der Waals surface area contributed by atoms with Gasteiger partial charge < -0.3 is 23.8 Å². The molecule has 1 heterocycles. The first-order valence-corrected chi connectivity index (χ1v) is 10.3. The highest BCUT2D eigenvalue weighted by atomic mass is 35.5. The first kappa shape index (κ1) is 23.4. The average Bonchev–Trinajstić information content (AvgIpc) is 2.83. The van der Waals surface area contributed by atoms with Crippen LogP contribution in [0.2, 0.25) is 5.02 Å². The predicted molar refractivity (Wildman–Crippen MR) is 119 cm³/mol. The molecule has 2 aromatic rings. The number of carbonyl (C=O) groups excluding carboxylic acids is 2. The Morgan fingerprint density at radius 3 is 2.59 bits per heavy atom. The number of amides is 2. The minimum atomic E-state index is -0.435. The number of hydrogen-bond donors (Lipinski definition) is 1. The quantitative estimate of drug-likeness (QED) is 0.453. The smallest absolute Gasteiger partial charge is 0.277 e. The van der Waals surface area contributed by atoms with Crippen molar-refractivity contribution in [1.29, 1.82) is 0 Å². The Morgan fingerprint density at radius 1 is 1.09 bits per heavy atom. The van der Waals surface area contributed by atoms with Crippen LogP contribution in [0.3, 0.4) is 0 Å². The second-order valence-corrected chi connectivity index (χ2v) is 7.11. The van der Waals surface area contributed by atoms with E-state index in [1.54, 1.807) is 47.4 Å². The van der Waals surface area contributed by atoms with E-state index in [0.29, 0.717) is 54.1 Å². The van der Waals surface area contributed by atoms with Gasteiger partial charge in [0.2, 0.25) is 0 Å². The lowest BCUT2D eigenvalue weighted by Crippen LogP contribution is -2.43. The topological polar surface area (TPSA) is 98.7 Å². The molecule has 32 heavy (non-hydrogen) atoms. The highest BCUT2D eigenvalue weighted by Crippen LogP contribution is 2.27. The van der Waals surface area contributed by atoms with Gasteiger partial charge in [0.25, 0.3) is 11.8 Å². The zero-order valence-corrected chi connectivity index (χ0v) is 18.3. The Morgan fingerprint density at radius 2 is 1.84 bits per heavy atom. The van der Waals surface area contributed by atoms with Gasteiger partial charge in [0, 0.05) is 13.1 Å². The molecule has 1 fully saturated rings. The Labute approximate surface area is 190 Å². The summed E-state index contributed by atoms with van der Waals surface area (Å²) in [5.41, 5.74) is 3.05. The van der Waals surface area contributed by atoms with Crippen LogP contribution in [0.4, 0.5) is 0 Å². The third-order valence-corrected chi connectivity index (χ3v) is 4.81. The number of carbonyl (C=O) groups is 2. The van der Waals surface area contributed by atoms with E-state index in [9.17, 15) is 9.59 Å². The number of nitrogens with zero attached hydrogens (tertiary/aromatic N) is 2. The molecule has 9 nitrogen and oxygen atoms in total. The molecule has 2 amide bonds. The van der Waals surface area contributed by atoms with Crippen LogP contribution in [0.25, 0.3) is 0 Å². The number of methoxy groups -OCH3 is 1. The van der Waals surface area contributed by atoms with Crippen molar-refractivity contribution >= 4 is 29.6 Å². The fraction of sp³-hybridized carbons (Fsp3) is 0.318. The molecule has 2 aromatic carbocycles. The van der Waals surface area contributed by atoms with Crippen LogP contribution in [0.5, 0.6) is 17.2 Å². The van der Waals surface area contributed by atoms with Crippen LogP contribution >= 0.6 is 11.6 Å². The molecule has 1 aliphatic heterocycles. The van der Waals surface area contributed by atoms with E-state index < -0.39 is 5.91 Å². The van der Waals surface area contributed by atoms with Crippen molar-refractivity contribution in [2.75, 3.05) is 46.6 Å². The summed E-state index contributed by atoms with van der Waals surface area (Å²) in [5.74, 6) is 0.749. The number of para-hydroxylation sites is 1. The number of nitrogens with one attached hydrogen (secondary N) is 1. The summed E-state index contributed by atoms with van der Waals surface area (Å²) < 4.78 is 21.6. The lowest BCUT2D eigenvalue weighted by atomic mass is 10.2. The molecule has 0 aromatic heterocycles. The van der Waals surface area contributed by atoms with Crippen molar-refractivity contribution in [2.24, 2.45) is 5.10 Å². The van der Waals surface area contributed by atoms with Crippen LogP contribution in [0.15, 0.2) is 47.6 Å². The second-order valence-electron chi connectivity index (χ2n) is 6.70. The van der Waals surface area contributed by atoms with Gasteiger partial charge >= 0.3 is 0 Å². The van der Waals surface area contributed by atoms with Crippen molar-refractivity contribution in [2.45, 2.75) is 0 Å². The highest BCUT2D eigenvalue weighted by molar-refractivity contribution is 6.32. The molecule has 170 valence electrons. The van der Waals surface area contributed by atoms with Crippen LogP contribution in [0.1, 0.15) is 5.56 Å². The van der Waals surface area contributed by atoms with Gasteiger partial charge in [0.1, 0.15) is 5.75 Å². The molecule has 3 rings (SSSR count). The van der Waals surface area contributed by atoms with E-state index in [1.807, 2.05) is 0 Å². The van der Waals surface area contributed by atoms with Gasteiger partial charge in [-0.25, -0.2) is 5.43 Å². The maximum atomic E-state index is 12.2. The van der Waals surface area contributed by atoms with Gasteiger partial charge in [-0.1, -0.05) is 23.7 Å². The first-order chi connectivity index (χ1) is 15.6. The van der Waals surface area contributed by atoms with E-state index in [0.717, 1.165) is 0 Å². The number of hydrogen-bond acceptors (Lipinski definition) is 7. The van der Waals surface area contributed by atoms with Gasteiger partial charge in [-0.3, -0.25) is 9.59 Å². The van der Waals surface area contributed by atoms with Crippen LogP contribution < -0.4 is 19.6 Å². The van der Waals surface area contributed by atoms with E-state index in [-0.39, 0.29) is 19.1 Å². The predicted octanol–water partition coefficient (Wildman–Crippen LogP) is 2.12. The van der Waals surface area contributed by atoms with Crippen LogP contribution in [-0.4, -0.2) is 69.6 Å². The summed E-state index contributed by atoms with van der Waals surface area (Å²) in [4.78, 5) is 25.8. The fourth-order valence-electron chi connectivity index (χ4n) is 2.84. The standard InChI is InChI=1S/C22H24ClN3O6/c1-29-20-12-16(6-7-19(20)32-15-22(28)26-8-10-30-11-9-26)13-24-25-21(27)14-31-18-5-3-2-4-17(18)23/h2-7,12-13H,8-11,14-15H2,1H3,(H,25,27)/b24-13+. The first-order valence-electron chi connectivity index (χ1n) is 9.92. The molecule has 0 radical (unpaired) electrons. The number of morpholine rings is 1. The largest absolute Gasteiger partial charge is 0.493 e. The van der Waals surface area contributed by atoms with Crippen molar-refractivity contribution in [1.82, 2.24) is 10.3 Å². The number of benzene rings is 2. The molecular weight excluding hydrogens is 438 g/mol. The minimum absolute atomic E-state index is 0.0920. The summed E-state index contributed by atoms with van der Waals surface area (Å²) in [5, 5.41) is 4.33. The molecular formula is C22H24ClN3O6. The molecule has 0 spiro atoms. The molecule has 0 bridgehead atoms. The molecule has 0 aliphatic carbocycles. The Bertz CT molecular complexity index is 962. The molecule has 0 atom stereocenters. The molecule has 1 saturated heterocycles. The van der Waals surface area contributed by atoms with E-state index in [2.05, 4.69) is 10.5 Å². The molecule has 0 unspecified atom stereocenters. The van der Waals surface area contributed by atoms with Crippen LogP contribution in [0, 0.1) is 0 Å². The van der Waals surface area contributed by atoms with Gasteiger partial charge in [-0.05, 0) is 35.9 Å². The van der Waals surface area contributed by atoms with E-state index in [4.69, 9.17) is 30.5 Å². The van der Waals surface area contributed by atoms with Crippen molar-refractivity contribution < 1.29 is 28.5 Å². The number of ether oxygens (including phenoxy) is 4. The van der Waals surface area contributed by atoms with Gasteiger partial charge in [-0.2, -0.15) is 5.10 Å². The van der Waals surface area contributed by atoms with Crippen molar-refractivity contribution in [3.63, 3.8) is 0 Å². The average molecular weight is 462 g/mol. The molecule has 0 saturated carbocycles. The monoisotopic (exact) mass is 461 g/mol. The van der Waals surface area contributed by atoms with E-state index in [1.165, 1.54) is 13.3 Å². The van der Waals surface area contributed by atoms with Gasteiger partial charge in [-0.15, -0.1) is 0 Å². The zero-order chi connectivity index (χ0) is 22.8. The van der Waals surface area contributed by atoms with E-state index >= 15 is 0 Å². The summed E-state index contributed by atoms with van der Waals surface area (Å²) in [7, 11) is 1.50. The summed E-state index contributed by atoms with van der Waals surface area (Å²) in [6.07, 6.45) is 1.46. The molecule has 10 heteroatoms. The summed E-state index contributed by atoms with van der Waals surface area (Å²) >= 11 is 5.98. The van der Waals surface area contributed by atoms with Gasteiger partial charge in [0.15, 0.2) is 24.7 Å². The van der Waals surface area contributed by atoms with Crippen LogP contribution in [-0.2, 0) is 14.3 Å². The maximum absolute atomic E-state index is 12.2. The van der Waals surface area contributed by atoms with Gasteiger partial charge in [0.05, 0.1) is 31.6 Å². The summed E-state index contributed by atoms with van der Waals surface area (Å²) in [6, 6.07) is 12.0. The third kappa shape index (κ3) is 6.86. The Kier molecular flexibility index (Phi) is 8.70. The maximum Gasteiger partial charge on any atom is 0.277 e. The third-order valence-electron chi connectivity index (χ3n) is 4.50. The highest BCUT2D eigenvalue weighted by Gasteiger charge is 2.18. The number of rotatable bonds is 9. The minimum Gasteiger partial charge on any atom is -0.493 e. The van der Waals surface area contributed by atoms with Crippen molar-refractivity contribution in [3.8, 4) is 17.2 Å². The normalized spacial score (nSPS) is 13.6. The molecule has 1 aliphatic rings. The summed E-state index contributed by atoms with van der Waals surface area (Å²) in [6.45, 7) is 1.87. The number of hydrazone groups is 1. The Hall–Kier alpha value is -3.30. The fourth-order valence-corrected chi connectivity index (χ4v) is 3.03.